The van der Waals surface area contributed by atoms with E-state index in [2.05, 4.69) is 19.9 Å². The minimum atomic E-state index is 0.814. The van der Waals surface area contributed by atoms with Crippen LogP contribution in [0.4, 0.5) is 0 Å². The van der Waals surface area contributed by atoms with Crippen LogP contribution in [0.2, 0.25) is 0 Å². The van der Waals surface area contributed by atoms with E-state index in [0.29, 0.717) is 0 Å². The first-order valence-corrected chi connectivity index (χ1v) is 4.64. The Morgan fingerprint density at radius 2 is 1.93 bits per heavy atom. The second-order valence-electron chi connectivity index (χ2n) is 3.17. The Morgan fingerprint density at radius 1 is 0.933 bits per heavy atom. The van der Waals surface area contributed by atoms with Crippen LogP contribution in [0.5, 0.6) is 0 Å². The third-order valence-electron chi connectivity index (χ3n) is 2.25. The van der Waals surface area contributed by atoms with Crippen molar-refractivity contribution in [3.8, 4) is 11.4 Å². The first kappa shape index (κ1) is 8.11. The molecule has 0 saturated carbocycles. The number of aromatic amines is 1. The number of hydrogen-bond acceptors (Lipinski definition) is 3. The van der Waals surface area contributed by atoms with Gasteiger partial charge in [-0.15, -0.1) is 0 Å². The van der Waals surface area contributed by atoms with Gasteiger partial charge in [-0.1, -0.05) is 6.07 Å². The Hall–Kier alpha value is -2.23. The normalized spacial score (nSPS) is 10.7. The van der Waals surface area contributed by atoms with Gasteiger partial charge in [0.2, 0.25) is 0 Å². The van der Waals surface area contributed by atoms with E-state index in [1.807, 2.05) is 24.3 Å². The number of rotatable bonds is 1. The molecule has 0 unspecified atom stereocenters. The lowest BCUT2D eigenvalue weighted by Crippen LogP contribution is -1.87. The van der Waals surface area contributed by atoms with Crippen molar-refractivity contribution in [1.29, 1.82) is 0 Å². The Labute approximate surface area is 86.0 Å². The number of fused-ring (bicyclic) bond motifs is 1. The molecule has 0 fully saturated rings. The third-order valence-corrected chi connectivity index (χ3v) is 2.25. The smallest absolute Gasteiger partial charge is 0.116 e. The van der Waals surface area contributed by atoms with Crippen molar-refractivity contribution in [2.24, 2.45) is 0 Å². The molecule has 0 saturated heterocycles. The molecule has 1 N–H and O–H groups in total. The quantitative estimate of drug-likeness (QED) is 0.647. The standard InChI is InChI=1S/C11H8N4/c1-2-5-12-8(3-1)10-11-9(4-6-13-10)14-7-15-11/h1-7H,(H,14,15). The van der Waals surface area contributed by atoms with Crippen molar-refractivity contribution >= 4 is 11.0 Å². The molecule has 3 aromatic heterocycles. The van der Waals surface area contributed by atoms with Crippen molar-refractivity contribution in [3.63, 3.8) is 0 Å². The van der Waals surface area contributed by atoms with E-state index in [1.54, 1.807) is 18.7 Å². The molecular formula is C11H8N4. The molecule has 0 aliphatic rings. The monoisotopic (exact) mass is 196 g/mol. The highest BCUT2D eigenvalue weighted by molar-refractivity contribution is 5.87. The number of imidazole rings is 1. The largest absolute Gasteiger partial charge is 0.344 e. The number of aromatic nitrogens is 4. The van der Waals surface area contributed by atoms with E-state index in [4.69, 9.17) is 0 Å². The fourth-order valence-corrected chi connectivity index (χ4v) is 1.56. The van der Waals surface area contributed by atoms with E-state index >= 15 is 0 Å². The summed E-state index contributed by atoms with van der Waals surface area (Å²) in [7, 11) is 0. The van der Waals surface area contributed by atoms with Gasteiger partial charge in [-0.3, -0.25) is 9.97 Å². The van der Waals surface area contributed by atoms with Crippen LogP contribution in [0.3, 0.4) is 0 Å². The Morgan fingerprint density at radius 3 is 2.80 bits per heavy atom. The fraction of sp³-hybridized carbons (Fsp3) is 0. The average molecular weight is 196 g/mol. The fourth-order valence-electron chi connectivity index (χ4n) is 1.56. The zero-order chi connectivity index (χ0) is 10.1. The average Bonchev–Trinajstić information content (AvgIpc) is 2.78. The molecule has 3 aromatic rings. The van der Waals surface area contributed by atoms with E-state index in [-0.39, 0.29) is 0 Å². The highest BCUT2D eigenvalue weighted by Crippen LogP contribution is 2.21. The van der Waals surface area contributed by atoms with E-state index in [9.17, 15) is 0 Å². The summed E-state index contributed by atoms with van der Waals surface area (Å²) in [5.41, 5.74) is 3.49. The van der Waals surface area contributed by atoms with Gasteiger partial charge in [0.15, 0.2) is 0 Å². The summed E-state index contributed by atoms with van der Waals surface area (Å²) in [5.74, 6) is 0. The zero-order valence-corrected chi connectivity index (χ0v) is 7.88. The summed E-state index contributed by atoms with van der Waals surface area (Å²) < 4.78 is 0. The second kappa shape index (κ2) is 3.16. The summed E-state index contributed by atoms with van der Waals surface area (Å²) >= 11 is 0. The molecule has 0 radical (unpaired) electrons. The van der Waals surface area contributed by atoms with Crippen LogP contribution in [0, 0.1) is 0 Å². The summed E-state index contributed by atoms with van der Waals surface area (Å²) in [5, 5.41) is 0. The summed E-state index contributed by atoms with van der Waals surface area (Å²) in [6.07, 6.45) is 5.17. The maximum Gasteiger partial charge on any atom is 0.116 e. The van der Waals surface area contributed by atoms with Gasteiger partial charge >= 0.3 is 0 Å². The van der Waals surface area contributed by atoms with Crippen LogP contribution < -0.4 is 0 Å². The van der Waals surface area contributed by atoms with E-state index < -0.39 is 0 Å². The first-order chi connectivity index (χ1) is 7.45. The molecule has 0 aromatic carbocycles. The van der Waals surface area contributed by atoms with Gasteiger partial charge in [0, 0.05) is 12.4 Å². The lowest BCUT2D eigenvalue weighted by Gasteiger charge is -1.99. The van der Waals surface area contributed by atoms with Gasteiger partial charge in [0.1, 0.15) is 11.2 Å². The Kier molecular flexibility index (Phi) is 1.71. The van der Waals surface area contributed by atoms with Crippen molar-refractivity contribution in [3.05, 3.63) is 43.0 Å². The molecule has 3 heterocycles. The van der Waals surface area contributed by atoms with E-state index in [0.717, 1.165) is 22.4 Å². The van der Waals surface area contributed by atoms with Crippen molar-refractivity contribution in [2.75, 3.05) is 0 Å². The van der Waals surface area contributed by atoms with Crippen molar-refractivity contribution in [2.45, 2.75) is 0 Å². The molecule has 0 amide bonds. The van der Waals surface area contributed by atoms with Crippen LogP contribution in [0.1, 0.15) is 0 Å². The van der Waals surface area contributed by atoms with Gasteiger partial charge in [-0.25, -0.2) is 4.98 Å². The van der Waals surface area contributed by atoms with Gasteiger partial charge in [-0.2, -0.15) is 0 Å². The third kappa shape index (κ3) is 1.27. The maximum absolute atomic E-state index is 4.30. The maximum atomic E-state index is 4.30. The van der Waals surface area contributed by atoms with Gasteiger partial charge in [-0.05, 0) is 18.2 Å². The molecule has 15 heavy (non-hydrogen) atoms. The van der Waals surface area contributed by atoms with Gasteiger partial charge in [0.05, 0.1) is 17.5 Å². The van der Waals surface area contributed by atoms with Crippen LogP contribution in [0.25, 0.3) is 22.4 Å². The lowest BCUT2D eigenvalue weighted by molar-refractivity contribution is 1.25. The number of nitrogens with one attached hydrogen (secondary N) is 1. The SMILES string of the molecule is c1ccc(-c2nccc3[nH]cnc23)nc1. The number of nitrogens with zero attached hydrogens (tertiary/aromatic N) is 3. The molecule has 0 aliphatic heterocycles. The predicted molar refractivity (Wildman–Crippen MR) is 57.1 cm³/mol. The summed E-state index contributed by atoms with van der Waals surface area (Å²) in [4.78, 5) is 15.9. The van der Waals surface area contributed by atoms with Gasteiger partial charge in [0.25, 0.3) is 0 Å². The topological polar surface area (TPSA) is 54.5 Å². The zero-order valence-electron chi connectivity index (χ0n) is 7.88. The minimum absolute atomic E-state index is 0.814. The molecule has 4 heteroatoms. The number of H-pyrrole nitrogens is 1. The van der Waals surface area contributed by atoms with Crippen LogP contribution >= 0.6 is 0 Å². The Balaban J connectivity index is 2.31. The number of hydrogen-bond donors (Lipinski definition) is 1. The molecule has 0 atom stereocenters. The van der Waals surface area contributed by atoms with Crippen LogP contribution in [0.15, 0.2) is 43.0 Å². The van der Waals surface area contributed by atoms with Crippen LogP contribution in [-0.4, -0.2) is 19.9 Å². The first-order valence-electron chi connectivity index (χ1n) is 4.64. The van der Waals surface area contributed by atoms with Crippen molar-refractivity contribution < 1.29 is 0 Å². The molecule has 3 rings (SSSR count). The summed E-state index contributed by atoms with van der Waals surface area (Å²) in [6.45, 7) is 0. The molecule has 0 bridgehead atoms. The van der Waals surface area contributed by atoms with E-state index in [1.165, 1.54) is 0 Å². The molecule has 0 aliphatic carbocycles. The molecule has 0 spiro atoms. The molecule has 4 nitrogen and oxygen atoms in total. The minimum Gasteiger partial charge on any atom is -0.344 e. The second-order valence-corrected chi connectivity index (χ2v) is 3.17. The van der Waals surface area contributed by atoms with Crippen molar-refractivity contribution in [1.82, 2.24) is 19.9 Å². The Bertz CT molecular complexity index is 586. The number of pyridine rings is 2. The molecule has 72 valence electrons. The lowest BCUT2D eigenvalue weighted by atomic mass is 10.2. The summed E-state index contributed by atoms with van der Waals surface area (Å²) in [6, 6.07) is 7.65. The molecular weight excluding hydrogens is 188 g/mol. The van der Waals surface area contributed by atoms with Gasteiger partial charge < -0.3 is 4.98 Å². The highest BCUT2D eigenvalue weighted by atomic mass is 14.9. The predicted octanol–water partition coefficient (Wildman–Crippen LogP) is 2.02. The highest BCUT2D eigenvalue weighted by Gasteiger charge is 2.07. The van der Waals surface area contributed by atoms with Crippen LogP contribution in [-0.2, 0) is 0 Å².